The van der Waals surface area contributed by atoms with Crippen LogP contribution < -0.4 is 4.74 Å². The minimum atomic E-state index is -0.285. The summed E-state index contributed by atoms with van der Waals surface area (Å²) < 4.78 is 11.2. The highest BCUT2D eigenvalue weighted by atomic mass is 16.5. The Morgan fingerprint density at radius 2 is 1.81 bits per heavy atom. The lowest BCUT2D eigenvalue weighted by Gasteiger charge is -2.24. The third kappa shape index (κ3) is 5.22. The smallest absolute Gasteiger partial charge is 0.253 e. The van der Waals surface area contributed by atoms with Crippen LogP contribution >= 0.6 is 0 Å². The Hall–Kier alpha value is -2.08. The fourth-order valence-electron chi connectivity index (χ4n) is 3.53. The summed E-state index contributed by atoms with van der Waals surface area (Å²) >= 11 is 0. The minimum absolute atomic E-state index is 0.0153. The van der Waals surface area contributed by atoms with Gasteiger partial charge in [0.25, 0.3) is 11.8 Å². The maximum atomic E-state index is 12.8. The summed E-state index contributed by atoms with van der Waals surface area (Å²) in [6.45, 7) is 5.99. The van der Waals surface area contributed by atoms with Crippen molar-refractivity contribution < 1.29 is 19.1 Å². The molecule has 2 aliphatic rings. The van der Waals surface area contributed by atoms with Crippen molar-refractivity contribution in [3.05, 3.63) is 29.8 Å². The second kappa shape index (κ2) is 9.74. The molecule has 3 rings (SSSR count). The van der Waals surface area contributed by atoms with E-state index in [0.29, 0.717) is 45.0 Å². The van der Waals surface area contributed by atoms with Crippen molar-refractivity contribution in [3.63, 3.8) is 0 Å². The van der Waals surface area contributed by atoms with Gasteiger partial charge in [-0.25, -0.2) is 0 Å². The van der Waals surface area contributed by atoms with Crippen molar-refractivity contribution in [2.45, 2.75) is 45.1 Å². The molecule has 1 unspecified atom stereocenters. The summed E-state index contributed by atoms with van der Waals surface area (Å²) in [5.74, 6) is 0.890. The number of carbonyl (C=O) groups excluding carboxylic acids is 2. The van der Waals surface area contributed by atoms with E-state index in [1.165, 1.54) is 0 Å². The number of unbranched alkanes of at least 4 members (excludes halogenated alkanes) is 1. The first-order chi connectivity index (χ1) is 13.2. The van der Waals surface area contributed by atoms with Crippen LogP contribution in [0.15, 0.2) is 24.3 Å². The van der Waals surface area contributed by atoms with E-state index in [4.69, 9.17) is 9.47 Å². The van der Waals surface area contributed by atoms with Crippen molar-refractivity contribution >= 4 is 11.8 Å². The zero-order valence-corrected chi connectivity index (χ0v) is 16.2. The van der Waals surface area contributed by atoms with Crippen LogP contribution in [-0.4, -0.2) is 67.1 Å². The average molecular weight is 374 g/mol. The molecule has 0 aromatic heterocycles. The fraction of sp³-hybridized carbons (Fsp3) is 0.619. The van der Waals surface area contributed by atoms with E-state index in [1.54, 1.807) is 0 Å². The van der Waals surface area contributed by atoms with Gasteiger partial charge in [0, 0.05) is 38.3 Å². The van der Waals surface area contributed by atoms with Crippen molar-refractivity contribution in [2.24, 2.45) is 0 Å². The summed E-state index contributed by atoms with van der Waals surface area (Å²) in [6, 6.07) is 7.36. The van der Waals surface area contributed by atoms with Crippen LogP contribution in [0.1, 0.15) is 49.4 Å². The Morgan fingerprint density at radius 3 is 2.52 bits per heavy atom. The molecule has 0 bridgehead atoms. The first kappa shape index (κ1) is 19.7. The van der Waals surface area contributed by atoms with Gasteiger partial charge in [0.1, 0.15) is 11.9 Å². The predicted octanol–water partition coefficient (Wildman–Crippen LogP) is 2.72. The molecular weight excluding hydrogens is 344 g/mol. The zero-order chi connectivity index (χ0) is 19.1. The molecule has 0 spiro atoms. The second-order valence-corrected chi connectivity index (χ2v) is 7.20. The number of rotatable bonds is 6. The molecule has 148 valence electrons. The van der Waals surface area contributed by atoms with E-state index in [2.05, 4.69) is 6.92 Å². The molecule has 1 aromatic carbocycles. The first-order valence-corrected chi connectivity index (χ1v) is 10.1. The molecule has 0 saturated carbocycles. The Balaban J connectivity index is 1.53. The van der Waals surface area contributed by atoms with E-state index in [0.717, 1.165) is 37.9 Å². The molecule has 0 N–H and O–H groups in total. The van der Waals surface area contributed by atoms with E-state index in [9.17, 15) is 9.59 Å². The second-order valence-electron chi connectivity index (χ2n) is 7.20. The highest BCUT2D eigenvalue weighted by Gasteiger charge is 2.30. The van der Waals surface area contributed by atoms with Gasteiger partial charge in [-0.05, 0) is 49.9 Å². The van der Waals surface area contributed by atoms with E-state index >= 15 is 0 Å². The molecule has 1 atom stereocenters. The van der Waals surface area contributed by atoms with Crippen LogP contribution in [0.4, 0.5) is 0 Å². The van der Waals surface area contributed by atoms with Crippen molar-refractivity contribution in [3.8, 4) is 5.75 Å². The zero-order valence-electron chi connectivity index (χ0n) is 16.2. The summed E-state index contributed by atoms with van der Waals surface area (Å²) in [7, 11) is 0. The maximum absolute atomic E-state index is 12.8. The lowest BCUT2D eigenvalue weighted by atomic mass is 10.2. The van der Waals surface area contributed by atoms with Gasteiger partial charge < -0.3 is 19.3 Å². The van der Waals surface area contributed by atoms with Gasteiger partial charge in [-0.1, -0.05) is 13.3 Å². The van der Waals surface area contributed by atoms with Gasteiger partial charge in [0.05, 0.1) is 6.61 Å². The summed E-state index contributed by atoms with van der Waals surface area (Å²) in [4.78, 5) is 29.0. The molecule has 6 nitrogen and oxygen atoms in total. The largest absolute Gasteiger partial charge is 0.494 e. The highest BCUT2D eigenvalue weighted by molar-refractivity contribution is 5.94. The number of amides is 2. The first-order valence-electron chi connectivity index (χ1n) is 10.1. The van der Waals surface area contributed by atoms with Gasteiger partial charge in [-0.2, -0.15) is 0 Å². The lowest BCUT2D eigenvalue weighted by molar-refractivity contribution is -0.140. The van der Waals surface area contributed by atoms with Gasteiger partial charge in [-0.3, -0.25) is 9.59 Å². The molecule has 6 heteroatoms. The standard InChI is InChI=1S/C21H30N2O4/c1-2-3-15-26-18-9-7-17(8-10-18)20(24)22-11-5-12-23(14-13-22)21(25)19-6-4-16-27-19/h7-10,19H,2-6,11-16H2,1H3. The van der Waals surface area contributed by atoms with Gasteiger partial charge in [0.2, 0.25) is 0 Å². The van der Waals surface area contributed by atoms with Crippen LogP contribution in [0, 0.1) is 0 Å². The Morgan fingerprint density at radius 1 is 1.07 bits per heavy atom. The lowest BCUT2D eigenvalue weighted by Crippen LogP contribution is -2.41. The average Bonchev–Trinajstić information content (AvgIpc) is 3.12. The van der Waals surface area contributed by atoms with E-state index in [-0.39, 0.29) is 17.9 Å². The third-order valence-electron chi connectivity index (χ3n) is 5.17. The molecule has 2 saturated heterocycles. The van der Waals surface area contributed by atoms with Gasteiger partial charge in [-0.15, -0.1) is 0 Å². The molecular formula is C21H30N2O4. The molecule has 27 heavy (non-hydrogen) atoms. The summed E-state index contributed by atoms with van der Waals surface area (Å²) in [5, 5.41) is 0. The quantitative estimate of drug-likeness (QED) is 0.719. The topological polar surface area (TPSA) is 59.1 Å². The maximum Gasteiger partial charge on any atom is 0.253 e. The van der Waals surface area contributed by atoms with Crippen molar-refractivity contribution in [2.75, 3.05) is 39.4 Å². The molecule has 1 aromatic rings. The van der Waals surface area contributed by atoms with Crippen LogP contribution in [0.25, 0.3) is 0 Å². The van der Waals surface area contributed by atoms with Crippen LogP contribution in [0.5, 0.6) is 5.75 Å². The Labute approximate surface area is 161 Å². The third-order valence-corrected chi connectivity index (χ3v) is 5.17. The number of ether oxygens (including phenoxy) is 2. The normalized spacial score (nSPS) is 20.4. The predicted molar refractivity (Wildman–Crippen MR) is 103 cm³/mol. The fourth-order valence-corrected chi connectivity index (χ4v) is 3.53. The molecule has 0 radical (unpaired) electrons. The van der Waals surface area contributed by atoms with E-state index < -0.39 is 0 Å². The highest BCUT2D eigenvalue weighted by Crippen LogP contribution is 2.18. The van der Waals surface area contributed by atoms with Crippen LogP contribution in [0.3, 0.4) is 0 Å². The summed E-state index contributed by atoms with van der Waals surface area (Å²) in [6.07, 6.45) is 4.39. The van der Waals surface area contributed by atoms with Gasteiger partial charge in [0.15, 0.2) is 0 Å². The SMILES string of the molecule is CCCCOc1ccc(C(=O)N2CCCN(C(=O)C3CCCO3)CC2)cc1. The van der Waals surface area contributed by atoms with Crippen LogP contribution in [0.2, 0.25) is 0 Å². The van der Waals surface area contributed by atoms with Crippen molar-refractivity contribution in [1.29, 1.82) is 0 Å². The van der Waals surface area contributed by atoms with Gasteiger partial charge >= 0.3 is 0 Å². The molecule has 2 amide bonds. The Bertz CT molecular complexity index is 626. The Kier molecular flexibility index (Phi) is 7.10. The monoisotopic (exact) mass is 374 g/mol. The minimum Gasteiger partial charge on any atom is -0.494 e. The number of benzene rings is 1. The van der Waals surface area contributed by atoms with Crippen molar-refractivity contribution in [1.82, 2.24) is 9.80 Å². The molecule has 2 heterocycles. The van der Waals surface area contributed by atoms with E-state index in [1.807, 2.05) is 34.1 Å². The number of hydrogen-bond donors (Lipinski definition) is 0. The molecule has 0 aliphatic carbocycles. The molecule has 2 aliphatic heterocycles. The van der Waals surface area contributed by atoms with Crippen LogP contribution in [-0.2, 0) is 9.53 Å². The molecule has 2 fully saturated rings. The summed E-state index contributed by atoms with van der Waals surface area (Å²) in [5.41, 5.74) is 0.664. The number of hydrogen-bond acceptors (Lipinski definition) is 4. The number of carbonyl (C=O) groups is 2. The number of nitrogens with zero attached hydrogens (tertiary/aromatic N) is 2.